The first kappa shape index (κ1) is 21.7. The highest BCUT2D eigenvalue weighted by atomic mass is 35.5. The fourth-order valence-electron chi connectivity index (χ4n) is 2.71. The maximum absolute atomic E-state index is 12.6. The molecule has 30 heavy (non-hydrogen) atoms. The topological polar surface area (TPSA) is 92.3 Å². The summed E-state index contributed by atoms with van der Waals surface area (Å²) in [5, 5.41) is 3.04. The Kier molecular flexibility index (Phi) is 6.66. The van der Waals surface area contributed by atoms with Gasteiger partial charge >= 0.3 is 0 Å². The van der Waals surface area contributed by atoms with E-state index in [0.29, 0.717) is 21.8 Å². The molecule has 0 heterocycles. The molecule has 1 atom stereocenters. The first-order valence-corrected chi connectivity index (χ1v) is 10.9. The van der Waals surface area contributed by atoms with Crippen molar-refractivity contribution in [3.05, 3.63) is 95.0 Å². The van der Waals surface area contributed by atoms with Gasteiger partial charge in [0.15, 0.2) is 5.78 Å². The third kappa shape index (κ3) is 5.33. The lowest BCUT2D eigenvalue weighted by Crippen LogP contribution is -2.41. The molecule has 3 aromatic rings. The molecule has 0 saturated carbocycles. The van der Waals surface area contributed by atoms with Gasteiger partial charge in [0.2, 0.25) is 15.9 Å². The lowest BCUT2D eigenvalue weighted by molar-refractivity contribution is -0.117. The van der Waals surface area contributed by atoms with Gasteiger partial charge in [-0.15, -0.1) is 0 Å². The van der Waals surface area contributed by atoms with E-state index in [9.17, 15) is 18.0 Å². The van der Waals surface area contributed by atoms with Gasteiger partial charge < -0.3 is 5.32 Å². The van der Waals surface area contributed by atoms with Crippen LogP contribution in [0.5, 0.6) is 0 Å². The van der Waals surface area contributed by atoms with Crippen LogP contribution >= 0.6 is 11.6 Å². The van der Waals surface area contributed by atoms with Crippen LogP contribution in [-0.4, -0.2) is 26.2 Å². The Morgan fingerprint density at radius 1 is 0.867 bits per heavy atom. The highest BCUT2D eigenvalue weighted by molar-refractivity contribution is 7.89. The molecule has 6 nitrogen and oxygen atoms in total. The molecule has 3 aromatic carbocycles. The van der Waals surface area contributed by atoms with Gasteiger partial charge in [-0.2, -0.15) is 4.72 Å². The number of anilines is 1. The van der Waals surface area contributed by atoms with Gasteiger partial charge in [-0.05, 0) is 43.3 Å². The molecular formula is C22H19ClN2O4S. The highest BCUT2D eigenvalue weighted by Gasteiger charge is 2.22. The van der Waals surface area contributed by atoms with Crippen molar-refractivity contribution >= 4 is 39.0 Å². The molecule has 0 aromatic heterocycles. The van der Waals surface area contributed by atoms with Crippen molar-refractivity contribution in [2.24, 2.45) is 0 Å². The summed E-state index contributed by atoms with van der Waals surface area (Å²) in [4.78, 5) is 25.1. The largest absolute Gasteiger partial charge is 0.325 e. The lowest BCUT2D eigenvalue weighted by atomic mass is 10.0. The molecule has 0 saturated heterocycles. The first-order valence-electron chi connectivity index (χ1n) is 9.05. The maximum atomic E-state index is 12.6. The standard InChI is InChI=1S/C22H19ClN2O4S/c1-15(25-30(28,29)20-12-10-18(23)11-13-20)22(27)24-19-9-5-8-17(14-19)21(26)16-6-3-2-4-7-16/h2-15,25H,1H3,(H,24,27)/t15-/m0/s1. The van der Waals surface area contributed by atoms with E-state index in [4.69, 9.17) is 11.6 Å². The normalized spacial score (nSPS) is 12.2. The van der Waals surface area contributed by atoms with E-state index in [2.05, 4.69) is 10.0 Å². The van der Waals surface area contributed by atoms with E-state index in [1.807, 2.05) is 6.07 Å². The monoisotopic (exact) mass is 442 g/mol. The van der Waals surface area contributed by atoms with Crippen molar-refractivity contribution in [2.75, 3.05) is 5.32 Å². The minimum atomic E-state index is -3.89. The smallest absolute Gasteiger partial charge is 0.242 e. The Labute approximate surface area is 179 Å². The second-order valence-electron chi connectivity index (χ2n) is 6.56. The quantitative estimate of drug-likeness (QED) is 0.543. The second-order valence-corrected chi connectivity index (χ2v) is 8.71. The number of ketones is 1. The summed E-state index contributed by atoms with van der Waals surface area (Å²) in [7, 11) is -3.89. The fourth-order valence-corrected chi connectivity index (χ4v) is 4.04. The second kappa shape index (κ2) is 9.21. The molecule has 0 aliphatic rings. The van der Waals surface area contributed by atoms with E-state index >= 15 is 0 Å². The number of nitrogens with one attached hydrogen (secondary N) is 2. The van der Waals surface area contributed by atoms with Crippen molar-refractivity contribution in [3.8, 4) is 0 Å². The van der Waals surface area contributed by atoms with Crippen LogP contribution < -0.4 is 10.0 Å². The SMILES string of the molecule is C[C@H](NS(=O)(=O)c1ccc(Cl)cc1)C(=O)Nc1cccc(C(=O)c2ccccc2)c1. The van der Waals surface area contributed by atoms with Gasteiger partial charge in [0.25, 0.3) is 0 Å². The third-order valence-corrected chi connectivity index (χ3v) is 6.09. The van der Waals surface area contributed by atoms with Gasteiger partial charge in [-0.1, -0.05) is 54.1 Å². The zero-order valence-electron chi connectivity index (χ0n) is 16.0. The number of hydrogen-bond donors (Lipinski definition) is 2. The molecule has 0 aliphatic carbocycles. The summed E-state index contributed by atoms with van der Waals surface area (Å²) < 4.78 is 27.2. The summed E-state index contributed by atoms with van der Waals surface area (Å²) in [6, 6.07) is 19.8. The van der Waals surface area contributed by atoms with Gasteiger partial charge in [0, 0.05) is 21.8 Å². The van der Waals surface area contributed by atoms with Crippen molar-refractivity contribution in [1.29, 1.82) is 0 Å². The molecule has 154 valence electrons. The molecule has 1 amide bonds. The molecule has 3 rings (SSSR count). The summed E-state index contributed by atoms with van der Waals surface area (Å²) in [5.41, 5.74) is 1.33. The fraction of sp³-hybridized carbons (Fsp3) is 0.0909. The van der Waals surface area contributed by atoms with Crippen LogP contribution in [-0.2, 0) is 14.8 Å². The minimum Gasteiger partial charge on any atom is -0.325 e. The summed E-state index contributed by atoms with van der Waals surface area (Å²) in [6.45, 7) is 1.43. The average Bonchev–Trinajstić information content (AvgIpc) is 2.74. The Hall–Kier alpha value is -3.00. The molecule has 2 N–H and O–H groups in total. The van der Waals surface area contributed by atoms with Crippen molar-refractivity contribution in [1.82, 2.24) is 4.72 Å². The molecule has 0 aliphatic heterocycles. The average molecular weight is 443 g/mol. The highest BCUT2D eigenvalue weighted by Crippen LogP contribution is 2.17. The summed E-state index contributed by atoms with van der Waals surface area (Å²) >= 11 is 5.78. The molecule has 8 heteroatoms. The maximum Gasteiger partial charge on any atom is 0.242 e. The van der Waals surface area contributed by atoms with Crippen LogP contribution in [0.25, 0.3) is 0 Å². The molecule has 0 unspecified atom stereocenters. The zero-order valence-corrected chi connectivity index (χ0v) is 17.6. The Bertz CT molecular complexity index is 1160. The zero-order chi connectivity index (χ0) is 21.7. The molecule has 0 radical (unpaired) electrons. The third-order valence-electron chi connectivity index (χ3n) is 4.28. The number of rotatable bonds is 7. The predicted molar refractivity (Wildman–Crippen MR) is 116 cm³/mol. The van der Waals surface area contributed by atoms with Crippen LogP contribution in [0.2, 0.25) is 5.02 Å². The molecule has 0 bridgehead atoms. The van der Waals surface area contributed by atoms with Crippen molar-refractivity contribution in [3.63, 3.8) is 0 Å². The number of halogens is 1. The van der Waals surface area contributed by atoms with Gasteiger partial charge in [0.05, 0.1) is 10.9 Å². The van der Waals surface area contributed by atoms with Crippen LogP contribution in [0.1, 0.15) is 22.8 Å². The van der Waals surface area contributed by atoms with Gasteiger partial charge in [-0.25, -0.2) is 8.42 Å². The Balaban J connectivity index is 1.69. The van der Waals surface area contributed by atoms with Crippen LogP contribution in [0.4, 0.5) is 5.69 Å². The first-order chi connectivity index (χ1) is 14.3. The van der Waals surface area contributed by atoms with Crippen LogP contribution in [0.3, 0.4) is 0 Å². The van der Waals surface area contributed by atoms with Crippen molar-refractivity contribution < 1.29 is 18.0 Å². The van der Waals surface area contributed by atoms with Crippen LogP contribution in [0, 0.1) is 0 Å². The predicted octanol–water partition coefficient (Wildman–Crippen LogP) is 3.88. The van der Waals surface area contributed by atoms with Gasteiger partial charge in [-0.3, -0.25) is 9.59 Å². The Morgan fingerprint density at radius 2 is 1.50 bits per heavy atom. The van der Waals surface area contributed by atoms with E-state index in [0.717, 1.165) is 0 Å². The Morgan fingerprint density at radius 3 is 2.17 bits per heavy atom. The molecular weight excluding hydrogens is 424 g/mol. The van der Waals surface area contributed by atoms with Crippen molar-refractivity contribution in [2.45, 2.75) is 17.9 Å². The number of sulfonamides is 1. The lowest BCUT2D eigenvalue weighted by Gasteiger charge is -2.15. The number of amides is 1. The van der Waals surface area contributed by atoms with E-state index < -0.39 is 22.0 Å². The van der Waals surface area contributed by atoms with E-state index in [1.54, 1.807) is 48.5 Å². The van der Waals surface area contributed by atoms with Crippen LogP contribution in [0.15, 0.2) is 83.8 Å². The number of hydrogen-bond acceptors (Lipinski definition) is 4. The molecule has 0 spiro atoms. The number of carbonyl (C=O) groups is 2. The minimum absolute atomic E-state index is 0.00186. The summed E-state index contributed by atoms with van der Waals surface area (Å²) in [6.07, 6.45) is 0. The number of carbonyl (C=O) groups excluding carboxylic acids is 2. The van der Waals surface area contributed by atoms with E-state index in [-0.39, 0.29) is 10.7 Å². The summed E-state index contributed by atoms with van der Waals surface area (Å²) in [5.74, 6) is -0.736. The number of benzene rings is 3. The molecule has 0 fully saturated rings. The van der Waals surface area contributed by atoms with E-state index in [1.165, 1.54) is 31.2 Å². The van der Waals surface area contributed by atoms with Gasteiger partial charge in [0.1, 0.15) is 0 Å².